The van der Waals surface area contributed by atoms with Crippen molar-refractivity contribution in [1.29, 1.82) is 0 Å². The summed E-state index contributed by atoms with van der Waals surface area (Å²) in [6.45, 7) is 6.49. The molecule has 0 saturated carbocycles. The first kappa shape index (κ1) is 74.8. The first-order valence-electron chi connectivity index (χ1n) is 33.0. The molecule has 6 heteroatoms. The molecule has 0 N–H and O–H groups in total. The van der Waals surface area contributed by atoms with Crippen LogP contribution in [0.4, 0.5) is 0 Å². The molecule has 0 aliphatic carbocycles. The van der Waals surface area contributed by atoms with Gasteiger partial charge in [0.2, 0.25) is 0 Å². The van der Waals surface area contributed by atoms with E-state index >= 15 is 0 Å². The second kappa shape index (κ2) is 66.3. The number of carbonyl (C=O) groups excluding carboxylic acids is 3. The van der Waals surface area contributed by atoms with E-state index in [1.807, 2.05) is 0 Å². The van der Waals surface area contributed by atoms with Crippen LogP contribution in [0.3, 0.4) is 0 Å². The van der Waals surface area contributed by atoms with Crippen molar-refractivity contribution in [3.8, 4) is 0 Å². The Balaban J connectivity index is 4.39. The van der Waals surface area contributed by atoms with Crippen LogP contribution in [0.1, 0.15) is 303 Å². The third kappa shape index (κ3) is 64.5. The van der Waals surface area contributed by atoms with E-state index in [-0.39, 0.29) is 37.5 Å². The summed E-state index contributed by atoms with van der Waals surface area (Å²) in [5, 5.41) is 0. The zero-order valence-corrected chi connectivity index (χ0v) is 51.6. The predicted molar refractivity (Wildman–Crippen MR) is 343 cm³/mol. The minimum atomic E-state index is -0.804. The van der Waals surface area contributed by atoms with E-state index in [0.29, 0.717) is 19.3 Å². The Bertz CT molecular complexity index is 1640. The van der Waals surface area contributed by atoms with Crippen molar-refractivity contribution in [1.82, 2.24) is 0 Å². The van der Waals surface area contributed by atoms with Gasteiger partial charge in [-0.1, -0.05) is 296 Å². The van der Waals surface area contributed by atoms with Crippen molar-refractivity contribution in [3.05, 3.63) is 122 Å². The molecule has 0 saturated heterocycles. The van der Waals surface area contributed by atoms with Crippen molar-refractivity contribution in [2.75, 3.05) is 13.2 Å². The van der Waals surface area contributed by atoms with Gasteiger partial charge in [0, 0.05) is 19.3 Å². The van der Waals surface area contributed by atoms with E-state index in [1.165, 1.54) is 154 Å². The number of allylic oxidation sites excluding steroid dienone is 20. The minimum Gasteiger partial charge on any atom is -0.462 e. The Morgan fingerprint density at radius 3 is 0.835 bits per heavy atom. The second-order valence-corrected chi connectivity index (χ2v) is 21.6. The molecule has 1 atom stereocenters. The number of unbranched alkanes of at least 4 members (excludes halogenated alkanes) is 28. The van der Waals surface area contributed by atoms with Gasteiger partial charge < -0.3 is 14.2 Å². The van der Waals surface area contributed by atoms with Crippen LogP contribution < -0.4 is 0 Å². The predicted octanol–water partition coefficient (Wildman–Crippen LogP) is 22.8. The molecular weight excluding hydrogens is 973 g/mol. The summed E-state index contributed by atoms with van der Waals surface area (Å²) in [4.78, 5) is 38.3. The van der Waals surface area contributed by atoms with E-state index in [2.05, 4.69) is 142 Å². The molecule has 0 aliphatic rings. The van der Waals surface area contributed by atoms with Gasteiger partial charge in [0.1, 0.15) is 13.2 Å². The Labute approximate surface area is 488 Å². The lowest BCUT2D eigenvalue weighted by Gasteiger charge is -2.18. The zero-order valence-electron chi connectivity index (χ0n) is 51.6. The third-order valence-corrected chi connectivity index (χ3v) is 14.0. The summed E-state index contributed by atoms with van der Waals surface area (Å²) in [6, 6.07) is 0. The quantitative estimate of drug-likeness (QED) is 0.0261. The first-order valence-corrected chi connectivity index (χ1v) is 33.0. The van der Waals surface area contributed by atoms with Crippen molar-refractivity contribution < 1.29 is 28.6 Å². The number of ether oxygens (including phenoxy) is 3. The molecule has 0 bridgehead atoms. The number of rotatable bonds is 59. The second-order valence-electron chi connectivity index (χ2n) is 21.6. The van der Waals surface area contributed by atoms with E-state index in [0.717, 1.165) is 103 Å². The van der Waals surface area contributed by atoms with Gasteiger partial charge in [0.25, 0.3) is 0 Å². The molecule has 0 aromatic carbocycles. The van der Waals surface area contributed by atoms with Gasteiger partial charge in [-0.25, -0.2) is 0 Å². The lowest BCUT2D eigenvalue weighted by Crippen LogP contribution is -2.30. The Hall–Kier alpha value is -4.19. The van der Waals surface area contributed by atoms with Gasteiger partial charge in [-0.15, -0.1) is 0 Å². The molecule has 79 heavy (non-hydrogen) atoms. The van der Waals surface area contributed by atoms with Crippen LogP contribution in [-0.2, 0) is 28.6 Å². The van der Waals surface area contributed by atoms with Crippen LogP contribution in [0.5, 0.6) is 0 Å². The molecule has 450 valence electrons. The van der Waals surface area contributed by atoms with Gasteiger partial charge in [0.15, 0.2) is 6.10 Å². The highest BCUT2D eigenvalue weighted by atomic mass is 16.6. The third-order valence-electron chi connectivity index (χ3n) is 14.0. The van der Waals surface area contributed by atoms with Crippen LogP contribution >= 0.6 is 0 Å². The molecule has 0 spiro atoms. The number of hydrogen-bond acceptors (Lipinski definition) is 6. The fourth-order valence-electron chi connectivity index (χ4n) is 9.03. The monoisotopic (exact) mass is 1090 g/mol. The van der Waals surface area contributed by atoms with Gasteiger partial charge in [-0.2, -0.15) is 0 Å². The SMILES string of the molecule is CC/C=C\C/C=C\C/C=C\C/C=C\C/C=C\C/C=C\C/C=C\C/C=C\C/C=C\CCCC(=O)OCC(COC(=O)CCCCCCCCCCCCC)OC(=O)CCCCCCCCCCC/C=C\CCCCCCCCCC. The number of esters is 3. The lowest BCUT2D eigenvalue weighted by atomic mass is 10.1. The van der Waals surface area contributed by atoms with Gasteiger partial charge in [0.05, 0.1) is 0 Å². The maximum atomic E-state index is 12.9. The largest absolute Gasteiger partial charge is 0.462 e. The average molecular weight is 1100 g/mol. The normalized spacial score (nSPS) is 12.9. The van der Waals surface area contributed by atoms with Gasteiger partial charge >= 0.3 is 17.9 Å². The van der Waals surface area contributed by atoms with Crippen molar-refractivity contribution in [3.63, 3.8) is 0 Å². The van der Waals surface area contributed by atoms with Crippen LogP contribution in [0.15, 0.2) is 122 Å². The molecule has 0 aromatic heterocycles. The van der Waals surface area contributed by atoms with E-state index in [9.17, 15) is 14.4 Å². The topological polar surface area (TPSA) is 78.9 Å². The summed E-state index contributed by atoms with van der Waals surface area (Å²) in [7, 11) is 0. The average Bonchev–Trinajstić information content (AvgIpc) is 3.45. The summed E-state index contributed by atoms with van der Waals surface area (Å²) >= 11 is 0. The highest BCUT2D eigenvalue weighted by Crippen LogP contribution is 2.16. The summed E-state index contributed by atoms with van der Waals surface area (Å²) < 4.78 is 16.9. The molecule has 0 aliphatic heterocycles. The Kier molecular flexibility index (Phi) is 62.8. The summed E-state index contributed by atoms with van der Waals surface area (Å²) in [5.74, 6) is -0.955. The molecule has 0 heterocycles. The highest BCUT2D eigenvalue weighted by Gasteiger charge is 2.19. The molecule has 0 amide bonds. The van der Waals surface area contributed by atoms with Crippen LogP contribution in [-0.4, -0.2) is 37.2 Å². The molecule has 6 nitrogen and oxygen atoms in total. The first-order chi connectivity index (χ1) is 39.0. The van der Waals surface area contributed by atoms with Crippen molar-refractivity contribution in [2.45, 2.75) is 309 Å². The van der Waals surface area contributed by atoms with Crippen LogP contribution in [0.25, 0.3) is 0 Å². The lowest BCUT2D eigenvalue weighted by molar-refractivity contribution is -0.167. The zero-order chi connectivity index (χ0) is 57.1. The maximum Gasteiger partial charge on any atom is 0.306 e. The molecule has 1 unspecified atom stereocenters. The molecule has 0 rings (SSSR count). The summed E-state index contributed by atoms with van der Waals surface area (Å²) in [5.41, 5.74) is 0. The fraction of sp³-hybridized carbons (Fsp3) is 0.685. The molecule has 0 fully saturated rings. The summed E-state index contributed by atoms with van der Waals surface area (Å²) in [6.07, 6.45) is 92.2. The molecule has 0 radical (unpaired) electrons. The van der Waals surface area contributed by atoms with E-state index in [4.69, 9.17) is 14.2 Å². The molecule has 0 aromatic rings. The van der Waals surface area contributed by atoms with Crippen molar-refractivity contribution >= 4 is 17.9 Å². The maximum absolute atomic E-state index is 12.9. The van der Waals surface area contributed by atoms with E-state index in [1.54, 1.807) is 0 Å². The number of carbonyl (C=O) groups is 3. The minimum absolute atomic E-state index is 0.0962. The highest BCUT2D eigenvalue weighted by molar-refractivity contribution is 5.71. The Morgan fingerprint density at radius 1 is 0.266 bits per heavy atom. The van der Waals surface area contributed by atoms with Crippen LogP contribution in [0.2, 0.25) is 0 Å². The van der Waals surface area contributed by atoms with Gasteiger partial charge in [-0.3, -0.25) is 14.4 Å². The fourth-order valence-corrected chi connectivity index (χ4v) is 9.03. The Morgan fingerprint density at radius 2 is 0.506 bits per heavy atom. The number of hydrogen-bond donors (Lipinski definition) is 0. The standard InChI is InChI=1S/C73H122O6/c1-4-7-10-13-16-19-22-24-26-28-30-32-33-34-35-36-37-38-39-41-42-44-46-48-51-54-57-60-63-66-72(75)78-69-70(68-77-71(74)65-62-59-56-53-50-21-18-15-12-9-6-3)79-73(76)67-64-61-58-55-52-49-47-45-43-40-31-29-27-25-23-20-17-14-11-8-5-2/h7,10,16,19,24,26,29-32,34-35,37-38,41-42,46,48,54,57,70H,4-6,8-9,11-15,17-18,20-23,25,27-28,33,36,39-40,43-45,47,49-53,55-56,58-69H2,1-3H3/b10-7-,19-16-,26-24-,31-29-,32-30-,35-34-,38-37-,42-41-,48-46-,57-54-. The molecular formula is C73H122O6. The van der Waals surface area contributed by atoms with Crippen molar-refractivity contribution in [2.24, 2.45) is 0 Å². The van der Waals surface area contributed by atoms with Crippen LogP contribution in [0, 0.1) is 0 Å². The van der Waals surface area contributed by atoms with Gasteiger partial charge in [-0.05, 0) is 109 Å². The smallest absolute Gasteiger partial charge is 0.306 e. The van der Waals surface area contributed by atoms with E-state index < -0.39 is 6.10 Å².